The normalized spacial score (nSPS) is 17.0. The van der Waals surface area contributed by atoms with Gasteiger partial charge in [-0.3, -0.25) is 9.48 Å². The Hall–Kier alpha value is -1.76. The van der Waals surface area contributed by atoms with Crippen molar-refractivity contribution >= 4 is 23.7 Å². The highest BCUT2D eigenvalue weighted by Gasteiger charge is 2.50. The first-order chi connectivity index (χ1) is 10.0. The third-order valence-corrected chi connectivity index (χ3v) is 3.80. The lowest BCUT2D eigenvalue weighted by Gasteiger charge is -2.49. The Bertz CT molecular complexity index is 580. The molecule has 7 nitrogen and oxygen atoms in total. The maximum atomic E-state index is 12.0. The Kier molecular flexibility index (Phi) is 4.12. The Labute approximate surface area is 133 Å². The first-order valence-electron chi connectivity index (χ1n) is 6.94. The molecule has 1 fully saturated rings. The second kappa shape index (κ2) is 5.46. The molecule has 0 radical (unpaired) electrons. The third kappa shape index (κ3) is 3.35. The number of carboxylic acids is 1. The highest BCUT2D eigenvalue weighted by molar-refractivity contribution is 6.31. The van der Waals surface area contributed by atoms with E-state index in [2.05, 4.69) is 5.10 Å². The Morgan fingerprint density at radius 2 is 2.05 bits per heavy atom. The second-order valence-electron chi connectivity index (χ2n) is 6.64. The minimum Gasteiger partial charge on any atom is -0.481 e. The number of nitrogens with zero attached hydrogens (tertiary/aromatic N) is 3. The molecule has 1 aromatic rings. The summed E-state index contributed by atoms with van der Waals surface area (Å²) in [4.78, 5) is 24.7. The first-order valence-corrected chi connectivity index (χ1v) is 7.32. The molecular formula is C14H20ClN3O4. The van der Waals surface area contributed by atoms with Crippen LogP contribution in [0.4, 0.5) is 4.79 Å². The number of carboxylic acid groups (broad SMARTS) is 1. The summed E-state index contributed by atoms with van der Waals surface area (Å²) in [6, 6.07) is 0. The van der Waals surface area contributed by atoms with Crippen molar-refractivity contribution in [2.45, 2.75) is 45.3 Å². The van der Waals surface area contributed by atoms with Gasteiger partial charge in [-0.15, -0.1) is 0 Å². The van der Waals surface area contributed by atoms with E-state index in [1.807, 2.05) is 0 Å². The van der Waals surface area contributed by atoms with E-state index in [0.717, 1.165) is 0 Å². The molecule has 2 heterocycles. The maximum absolute atomic E-state index is 12.0. The number of ether oxygens (including phenoxy) is 1. The Morgan fingerprint density at radius 1 is 1.45 bits per heavy atom. The lowest BCUT2D eigenvalue weighted by Crippen LogP contribution is -2.65. The van der Waals surface area contributed by atoms with E-state index in [1.54, 1.807) is 38.6 Å². The van der Waals surface area contributed by atoms with Crippen LogP contribution in [0.15, 0.2) is 6.20 Å². The van der Waals surface area contributed by atoms with Gasteiger partial charge in [-0.1, -0.05) is 11.6 Å². The van der Waals surface area contributed by atoms with Crippen molar-refractivity contribution < 1.29 is 19.4 Å². The van der Waals surface area contributed by atoms with Gasteiger partial charge >= 0.3 is 12.1 Å². The lowest BCUT2D eigenvalue weighted by atomic mass is 9.86. The average molecular weight is 330 g/mol. The molecule has 0 aliphatic carbocycles. The molecule has 0 saturated carbocycles. The predicted molar refractivity (Wildman–Crippen MR) is 80.0 cm³/mol. The van der Waals surface area contributed by atoms with E-state index in [1.165, 1.54) is 4.90 Å². The molecule has 1 N–H and O–H groups in total. The van der Waals surface area contributed by atoms with Crippen molar-refractivity contribution in [2.24, 2.45) is 0 Å². The van der Waals surface area contributed by atoms with Gasteiger partial charge < -0.3 is 14.7 Å². The van der Waals surface area contributed by atoms with Crippen LogP contribution in [-0.2, 0) is 15.1 Å². The molecule has 1 aliphatic heterocycles. The number of rotatable bonds is 3. The molecule has 1 aromatic heterocycles. The van der Waals surface area contributed by atoms with Crippen LogP contribution in [0.2, 0.25) is 5.02 Å². The Morgan fingerprint density at radius 3 is 2.45 bits per heavy atom. The molecule has 0 spiro atoms. The summed E-state index contributed by atoms with van der Waals surface area (Å²) < 4.78 is 6.84. The molecule has 1 aliphatic rings. The summed E-state index contributed by atoms with van der Waals surface area (Å²) >= 11 is 6.00. The van der Waals surface area contributed by atoms with Gasteiger partial charge in [-0.25, -0.2) is 4.79 Å². The number of halogens is 1. The standard InChI is InChI=1S/C14H20ClN3O4/c1-9-10(15)6-18(16-9)14(5-11(19)20)7-17(8-14)12(21)22-13(2,3)4/h6H,5,7-8H2,1-4H3,(H,19,20). The number of hydrogen-bond donors (Lipinski definition) is 1. The number of aliphatic carboxylic acids is 1. The van der Waals surface area contributed by atoms with Gasteiger partial charge in [0.25, 0.3) is 0 Å². The molecule has 0 aromatic carbocycles. The minimum absolute atomic E-state index is 0.135. The molecule has 122 valence electrons. The summed E-state index contributed by atoms with van der Waals surface area (Å²) in [5, 5.41) is 13.9. The van der Waals surface area contributed by atoms with Gasteiger partial charge in [0, 0.05) is 6.20 Å². The van der Waals surface area contributed by atoms with Crippen LogP contribution in [-0.4, -0.2) is 50.5 Å². The van der Waals surface area contributed by atoms with Gasteiger partial charge in [0.1, 0.15) is 11.1 Å². The van der Waals surface area contributed by atoms with Crippen LogP contribution in [0, 0.1) is 6.92 Å². The minimum atomic E-state index is -0.951. The van der Waals surface area contributed by atoms with Gasteiger partial charge in [0.2, 0.25) is 0 Å². The van der Waals surface area contributed by atoms with E-state index in [0.29, 0.717) is 10.7 Å². The fraction of sp³-hybridized carbons (Fsp3) is 0.643. The van der Waals surface area contributed by atoms with Crippen molar-refractivity contribution in [1.82, 2.24) is 14.7 Å². The lowest BCUT2D eigenvalue weighted by molar-refractivity contribution is -0.143. The van der Waals surface area contributed by atoms with E-state index < -0.39 is 23.2 Å². The van der Waals surface area contributed by atoms with Crippen molar-refractivity contribution in [2.75, 3.05) is 13.1 Å². The number of amides is 1. The summed E-state index contributed by atoms with van der Waals surface area (Å²) in [5.41, 5.74) is -0.740. The molecule has 2 rings (SSSR count). The van der Waals surface area contributed by atoms with E-state index >= 15 is 0 Å². The predicted octanol–water partition coefficient (Wildman–Crippen LogP) is 2.27. The second-order valence-corrected chi connectivity index (χ2v) is 7.05. The molecule has 0 bridgehead atoms. The highest BCUT2D eigenvalue weighted by Crippen LogP contribution is 2.34. The summed E-state index contributed by atoms with van der Waals surface area (Å²) in [6.07, 6.45) is 1.01. The summed E-state index contributed by atoms with van der Waals surface area (Å²) in [6.45, 7) is 7.55. The monoisotopic (exact) mass is 329 g/mol. The number of aryl methyl sites for hydroxylation is 1. The zero-order valence-electron chi connectivity index (χ0n) is 13.1. The molecule has 22 heavy (non-hydrogen) atoms. The van der Waals surface area contributed by atoms with Gasteiger partial charge in [-0.2, -0.15) is 5.10 Å². The van der Waals surface area contributed by atoms with Crippen molar-refractivity contribution in [3.8, 4) is 0 Å². The third-order valence-electron chi connectivity index (χ3n) is 3.43. The smallest absolute Gasteiger partial charge is 0.410 e. The fourth-order valence-corrected chi connectivity index (χ4v) is 2.55. The number of carbonyl (C=O) groups is 2. The highest BCUT2D eigenvalue weighted by atomic mass is 35.5. The summed E-state index contributed by atoms with van der Waals surface area (Å²) in [5.74, 6) is -0.951. The molecule has 1 amide bonds. The van der Waals surface area contributed by atoms with E-state index in [9.17, 15) is 9.59 Å². The molecule has 1 saturated heterocycles. The van der Waals surface area contributed by atoms with Crippen molar-refractivity contribution in [3.63, 3.8) is 0 Å². The van der Waals surface area contributed by atoms with Crippen molar-refractivity contribution in [1.29, 1.82) is 0 Å². The van der Waals surface area contributed by atoms with Crippen LogP contribution in [0.5, 0.6) is 0 Å². The number of likely N-dealkylation sites (tertiary alicyclic amines) is 1. The quantitative estimate of drug-likeness (QED) is 0.919. The number of aromatic nitrogens is 2. The molecule has 0 atom stereocenters. The molecule has 8 heteroatoms. The van der Waals surface area contributed by atoms with Crippen LogP contribution in [0.1, 0.15) is 32.9 Å². The maximum Gasteiger partial charge on any atom is 0.410 e. The Balaban J connectivity index is 2.15. The topological polar surface area (TPSA) is 84.7 Å². The van der Waals surface area contributed by atoms with Crippen LogP contribution < -0.4 is 0 Å². The van der Waals surface area contributed by atoms with Gasteiger partial charge in [0.15, 0.2) is 0 Å². The fourth-order valence-electron chi connectivity index (χ4n) is 2.42. The zero-order chi connectivity index (χ0) is 16.7. The zero-order valence-corrected chi connectivity index (χ0v) is 13.8. The van der Waals surface area contributed by atoms with Gasteiger partial charge in [-0.05, 0) is 27.7 Å². The largest absolute Gasteiger partial charge is 0.481 e. The summed E-state index contributed by atoms with van der Waals surface area (Å²) in [7, 11) is 0. The average Bonchev–Trinajstić information content (AvgIpc) is 2.61. The SMILES string of the molecule is Cc1nn(C2(CC(=O)O)CN(C(=O)OC(C)(C)C)C2)cc1Cl. The van der Waals surface area contributed by atoms with Crippen molar-refractivity contribution in [3.05, 3.63) is 16.9 Å². The van der Waals surface area contributed by atoms with E-state index in [4.69, 9.17) is 21.4 Å². The number of carbonyl (C=O) groups excluding carboxylic acids is 1. The van der Waals surface area contributed by atoms with Crippen LogP contribution >= 0.6 is 11.6 Å². The van der Waals surface area contributed by atoms with Gasteiger partial charge in [0.05, 0.1) is 30.2 Å². The van der Waals surface area contributed by atoms with Crippen LogP contribution in [0.3, 0.4) is 0 Å². The van der Waals surface area contributed by atoms with E-state index in [-0.39, 0.29) is 19.5 Å². The molecular weight excluding hydrogens is 310 g/mol. The molecule has 0 unspecified atom stereocenters. The first kappa shape index (κ1) is 16.6. The van der Waals surface area contributed by atoms with Crippen LogP contribution in [0.25, 0.3) is 0 Å². The number of hydrogen-bond acceptors (Lipinski definition) is 4.